The van der Waals surface area contributed by atoms with Gasteiger partial charge in [-0.3, -0.25) is 5.10 Å². The largest absolute Gasteiger partial charge is 0.496 e. The molecule has 8 aromatic rings. The maximum atomic E-state index is 9.28. The number of benzene rings is 4. The lowest BCUT2D eigenvalue weighted by atomic mass is 10.0. The third-order valence-corrected chi connectivity index (χ3v) is 11.3. The van der Waals surface area contributed by atoms with E-state index >= 15 is 0 Å². The molecule has 8 rings (SSSR count). The van der Waals surface area contributed by atoms with Crippen LogP contribution in [0.15, 0.2) is 122 Å². The highest BCUT2D eigenvalue weighted by molar-refractivity contribution is 6.76. The van der Waals surface area contributed by atoms with E-state index in [1.54, 1.807) is 32.5 Å². The number of H-pyrrole nitrogens is 1. The molecular formula is C46H42N8O3Si. The third kappa shape index (κ3) is 8.64. The average Bonchev–Trinajstić information content (AvgIpc) is 3.86. The number of aromatic amines is 1. The topological polar surface area (TPSA) is 148 Å². The molecule has 0 fully saturated rings. The van der Waals surface area contributed by atoms with Gasteiger partial charge >= 0.3 is 0 Å². The molecular weight excluding hydrogens is 741 g/mol. The molecule has 0 atom stereocenters. The fraction of sp³-hybridized carbons (Fsp3) is 0.174. The van der Waals surface area contributed by atoms with E-state index in [0.29, 0.717) is 30.1 Å². The lowest BCUT2D eigenvalue weighted by molar-refractivity contribution is 0.0814. The number of hydrogen-bond donors (Lipinski definition) is 1. The SMILES string of the molecule is COc1ccccc1-c1[nH]nc2ncc(-c3cccc(C#N)c3)cc12.COc1ccccc1-c1nn(COCC[Si](C)(C)C)c2ncc(-c3cccc(C#N)c3)cc12. The van der Waals surface area contributed by atoms with Crippen molar-refractivity contribution in [2.45, 2.75) is 32.4 Å². The highest BCUT2D eigenvalue weighted by Gasteiger charge is 2.19. The van der Waals surface area contributed by atoms with Crippen LogP contribution < -0.4 is 9.47 Å². The molecule has 0 amide bonds. The van der Waals surface area contributed by atoms with E-state index in [4.69, 9.17) is 29.6 Å². The van der Waals surface area contributed by atoms with Crippen LogP contribution in [-0.2, 0) is 11.5 Å². The first-order chi connectivity index (χ1) is 28.2. The van der Waals surface area contributed by atoms with Crippen LogP contribution in [0, 0.1) is 22.7 Å². The van der Waals surface area contributed by atoms with Gasteiger partial charge in [-0.2, -0.15) is 20.7 Å². The minimum absolute atomic E-state index is 0.340. The lowest BCUT2D eigenvalue weighted by Crippen LogP contribution is -2.22. The number of para-hydroxylation sites is 2. The third-order valence-electron chi connectivity index (χ3n) is 9.59. The van der Waals surface area contributed by atoms with Crippen molar-refractivity contribution in [1.29, 1.82) is 10.5 Å². The zero-order valence-corrected chi connectivity index (χ0v) is 34.0. The van der Waals surface area contributed by atoms with Gasteiger partial charge in [0.05, 0.1) is 43.2 Å². The molecule has 0 aliphatic rings. The summed E-state index contributed by atoms with van der Waals surface area (Å²) < 4.78 is 18.9. The van der Waals surface area contributed by atoms with Crippen LogP contribution in [0.2, 0.25) is 25.7 Å². The van der Waals surface area contributed by atoms with Crippen LogP contribution >= 0.6 is 0 Å². The Morgan fingerprint density at radius 1 is 0.672 bits per heavy atom. The molecule has 0 saturated carbocycles. The molecule has 288 valence electrons. The molecule has 4 aromatic carbocycles. The molecule has 58 heavy (non-hydrogen) atoms. The number of pyridine rings is 2. The summed E-state index contributed by atoms with van der Waals surface area (Å²) in [5, 5.41) is 32.4. The minimum Gasteiger partial charge on any atom is -0.496 e. The molecule has 12 heteroatoms. The van der Waals surface area contributed by atoms with Gasteiger partial charge in [0, 0.05) is 60.1 Å². The standard InChI is InChI=1S/C26H28N4O2Si.C20H14N4O/c1-31-24-11-6-5-10-22(24)25-23-15-21(20-9-7-8-19(14-20)16-27)17-28-26(23)30(29-25)18-32-12-13-33(2,3)4;1-25-18-8-3-2-7-16(18)19-17-10-15(12-22-20(17)24-23-19)14-6-4-5-13(9-14)11-21/h5-11,14-15,17H,12-13,18H2,1-4H3;2-10,12H,1H3,(H,22,23,24). The number of rotatable bonds is 11. The molecule has 1 N–H and O–H groups in total. The Labute approximate surface area is 338 Å². The molecule has 4 heterocycles. The number of fused-ring (bicyclic) bond motifs is 2. The van der Waals surface area contributed by atoms with E-state index in [-0.39, 0.29) is 0 Å². The summed E-state index contributed by atoms with van der Waals surface area (Å²) in [4.78, 5) is 9.20. The molecule has 0 radical (unpaired) electrons. The van der Waals surface area contributed by atoms with Gasteiger partial charge in [0.25, 0.3) is 0 Å². The zero-order chi connectivity index (χ0) is 40.6. The molecule has 0 unspecified atom stereocenters. The highest BCUT2D eigenvalue weighted by Crippen LogP contribution is 2.36. The Morgan fingerprint density at radius 2 is 1.26 bits per heavy atom. The van der Waals surface area contributed by atoms with Crippen molar-refractivity contribution in [3.63, 3.8) is 0 Å². The summed E-state index contributed by atoms with van der Waals surface area (Å²) in [6.07, 6.45) is 3.59. The number of nitrogens with zero attached hydrogens (tertiary/aromatic N) is 7. The van der Waals surface area contributed by atoms with Crippen LogP contribution in [0.5, 0.6) is 11.5 Å². The number of hydrogen-bond acceptors (Lipinski definition) is 9. The van der Waals surface area contributed by atoms with Crippen molar-refractivity contribution >= 4 is 30.1 Å². The summed E-state index contributed by atoms with van der Waals surface area (Å²) >= 11 is 0. The van der Waals surface area contributed by atoms with Crippen molar-refractivity contribution in [3.8, 4) is 68.4 Å². The van der Waals surface area contributed by atoms with E-state index in [1.165, 1.54) is 0 Å². The van der Waals surface area contributed by atoms with Gasteiger partial charge in [0.1, 0.15) is 23.9 Å². The predicted octanol–water partition coefficient (Wildman–Crippen LogP) is 10.1. The van der Waals surface area contributed by atoms with Gasteiger partial charge in [-0.05, 0) is 77.8 Å². The molecule has 0 aliphatic heterocycles. The Hall–Kier alpha value is -7.12. The summed E-state index contributed by atoms with van der Waals surface area (Å²) in [6.45, 7) is 8.06. The Kier molecular flexibility index (Phi) is 11.7. The van der Waals surface area contributed by atoms with Gasteiger partial charge in [0.2, 0.25) is 0 Å². The van der Waals surface area contributed by atoms with Crippen LogP contribution in [0.3, 0.4) is 0 Å². The van der Waals surface area contributed by atoms with Crippen LogP contribution in [0.1, 0.15) is 11.1 Å². The molecule has 0 aliphatic carbocycles. The zero-order valence-electron chi connectivity index (χ0n) is 33.0. The van der Waals surface area contributed by atoms with E-state index < -0.39 is 8.07 Å². The van der Waals surface area contributed by atoms with Gasteiger partial charge in [0.15, 0.2) is 11.3 Å². The van der Waals surface area contributed by atoms with Crippen molar-refractivity contribution in [2.75, 3.05) is 20.8 Å². The van der Waals surface area contributed by atoms with Crippen molar-refractivity contribution in [2.24, 2.45) is 0 Å². The lowest BCUT2D eigenvalue weighted by Gasteiger charge is -2.15. The first-order valence-electron chi connectivity index (χ1n) is 18.8. The fourth-order valence-corrected chi connectivity index (χ4v) is 7.28. The summed E-state index contributed by atoms with van der Waals surface area (Å²) in [6, 6.07) is 40.2. The number of nitrogens with one attached hydrogen (secondary N) is 1. The van der Waals surface area contributed by atoms with Crippen molar-refractivity contribution < 1.29 is 14.2 Å². The van der Waals surface area contributed by atoms with E-state index in [9.17, 15) is 5.26 Å². The second-order valence-corrected chi connectivity index (χ2v) is 20.4. The summed E-state index contributed by atoms with van der Waals surface area (Å²) in [7, 11) is 2.14. The molecule has 0 saturated heterocycles. The number of ether oxygens (including phenoxy) is 3. The normalized spacial score (nSPS) is 11.1. The first-order valence-corrected chi connectivity index (χ1v) is 22.5. The van der Waals surface area contributed by atoms with Crippen LogP contribution in [-0.4, -0.2) is 58.8 Å². The summed E-state index contributed by atoms with van der Waals surface area (Å²) in [5.41, 5.74) is 9.85. The molecule has 0 spiro atoms. The molecule has 4 aromatic heterocycles. The van der Waals surface area contributed by atoms with Crippen molar-refractivity contribution in [3.05, 3.63) is 133 Å². The Morgan fingerprint density at radius 3 is 1.88 bits per heavy atom. The smallest absolute Gasteiger partial charge is 0.181 e. The molecule has 0 bridgehead atoms. The second-order valence-electron chi connectivity index (χ2n) is 14.8. The maximum absolute atomic E-state index is 9.28. The van der Waals surface area contributed by atoms with E-state index in [2.05, 4.69) is 53.0 Å². The second kappa shape index (κ2) is 17.3. The van der Waals surface area contributed by atoms with Crippen LogP contribution in [0.4, 0.5) is 0 Å². The average molecular weight is 783 g/mol. The van der Waals surface area contributed by atoms with E-state index in [1.807, 2.05) is 102 Å². The first kappa shape index (κ1) is 39.1. The summed E-state index contributed by atoms with van der Waals surface area (Å²) in [5.74, 6) is 1.52. The van der Waals surface area contributed by atoms with E-state index in [0.717, 1.165) is 78.7 Å². The predicted molar refractivity (Wildman–Crippen MR) is 230 cm³/mol. The van der Waals surface area contributed by atoms with Crippen LogP contribution in [0.25, 0.3) is 66.8 Å². The highest BCUT2D eigenvalue weighted by atomic mass is 28.3. The van der Waals surface area contributed by atoms with Crippen molar-refractivity contribution in [1.82, 2.24) is 29.9 Å². The van der Waals surface area contributed by atoms with Gasteiger partial charge < -0.3 is 14.2 Å². The fourth-order valence-electron chi connectivity index (χ4n) is 6.53. The monoisotopic (exact) mass is 782 g/mol. The quantitative estimate of drug-likeness (QED) is 0.1000. The maximum Gasteiger partial charge on any atom is 0.181 e. The Balaban J connectivity index is 0.000000183. The number of methoxy groups -OCH3 is 2. The van der Waals surface area contributed by atoms with Gasteiger partial charge in [-0.15, -0.1) is 0 Å². The number of aromatic nitrogens is 6. The van der Waals surface area contributed by atoms with Gasteiger partial charge in [-0.25, -0.2) is 14.6 Å². The Bertz CT molecular complexity index is 2810. The molecule has 11 nitrogen and oxygen atoms in total. The van der Waals surface area contributed by atoms with Gasteiger partial charge in [-0.1, -0.05) is 68.2 Å². The minimum atomic E-state index is -1.17. The number of nitriles is 2.